The number of benzene rings is 1. The van der Waals surface area contributed by atoms with E-state index in [4.69, 9.17) is 0 Å². The van der Waals surface area contributed by atoms with Crippen molar-refractivity contribution in [1.82, 2.24) is 9.80 Å². The first-order valence-electron chi connectivity index (χ1n) is 8.26. The molecule has 2 aliphatic heterocycles. The zero-order chi connectivity index (χ0) is 15.8. The van der Waals surface area contributed by atoms with Crippen molar-refractivity contribution in [3.8, 4) is 0 Å². The fourth-order valence-electron chi connectivity index (χ4n) is 3.75. The Morgan fingerprint density at radius 1 is 1.14 bits per heavy atom. The number of amides is 1. The Morgan fingerprint density at radius 2 is 1.77 bits per heavy atom. The maximum absolute atomic E-state index is 12.9. The number of rotatable bonds is 3. The smallest absolute Gasteiger partial charge is 0.242 e. The average Bonchev–Trinajstić information content (AvgIpc) is 3.18. The quantitative estimate of drug-likeness (QED) is 0.928. The van der Waals surface area contributed by atoms with Gasteiger partial charge in [0.05, 0.1) is 12.1 Å². The Kier molecular flexibility index (Phi) is 4.00. The standard InChI is InChI=1S/C18H26N2O2/c1-17(2,20-11-6-7-12-20)16(21)19-13-10-18(22,14-19)15-8-4-3-5-9-15/h3-5,8-9,22H,6-7,10-14H2,1-2H3/t18-/m0/s1. The van der Waals surface area contributed by atoms with Crippen LogP contribution in [0.4, 0.5) is 0 Å². The molecule has 3 rings (SSSR count). The largest absolute Gasteiger partial charge is 0.383 e. The number of hydrogen-bond acceptors (Lipinski definition) is 3. The number of likely N-dealkylation sites (tertiary alicyclic amines) is 2. The Labute approximate surface area is 132 Å². The van der Waals surface area contributed by atoms with Gasteiger partial charge in [-0.25, -0.2) is 0 Å². The molecule has 0 aromatic heterocycles. The van der Waals surface area contributed by atoms with E-state index in [0.29, 0.717) is 19.5 Å². The molecule has 1 atom stereocenters. The molecule has 2 heterocycles. The minimum Gasteiger partial charge on any atom is -0.383 e. The van der Waals surface area contributed by atoms with Gasteiger partial charge in [-0.3, -0.25) is 9.69 Å². The third-order valence-corrected chi connectivity index (χ3v) is 5.27. The summed E-state index contributed by atoms with van der Waals surface area (Å²) in [6.45, 7) is 7.04. The first-order valence-corrected chi connectivity index (χ1v) is 8.26. The summed E-state index contributed by atoms with van der Waals surface area (Å²) in [6, 6.07) is 9.71. The van der Waals surface area contributed by atoms with Gasteiger partial charge < -0.3 is 10.0 Å². The molecule has 4 nitrogen and oxygen atoms in total. The van der Waals surface area contributed by atoms with Gasteiger partial charge in [-0.05, 0) is 51.8 Å². The molecular weight excluding hydrogens is 276 g/mol. The second-order valence-corrected chi connectivity index (χ2v) is 7.13. The fraction of sp³-hybridized carbons (Fsp3) is 0.611. The molecule has 0 spiro atoms. The summed E-state index contributed by atoms with van der Waals surface area (Å²) in [7, 11) is 0. The number of carbonyl (C=O) groups is 1. The maximum Gasteiger partial charge on any atom is 0.242 e. The molecule has 2 saturated heterocycles. The molecular formula is C18H26N2O2. The molecule has 1 aromatic carbocycles. The molecule has 1 N–H and O–H groups in total. The molecule has 1 amide bonds. The number of aliphatic hydroxyl groups is 1. The van der Waals surface area contributed by atoms with Crippen LogP contribution in [0.1, 0.15) is 38.7 Å². The lowest BCUT2D eigenvalue weighted by Gasteiger charge is -2.37. The Balaban J connectivity index is 1.73. The lowest BCUT2D eigenvalue weighted by atomic mass is 9.93. The van der Waals surface area contributed by atoms with E-state index in [0.717, 1.165) is 18.7 Å². The molecule has 2 fully saturated rings. The fourth-order valence-corrected chi connectivity index (χ4v) is 3.75. The predicted octanol–water partition coefficient (Wildman–Crippen LogP) is 1.98. The van der Waals surface area contributed by atoms with E-state index in [2.05, 4.69) is 4.90 Å². The minimum absolute atomic E-state index is 0.140. The van der Waals surface area contributed by atoms with Gasteiger partial charge in [0.25, 0.3) is 0 Å². The highest BCUT2D eigenvalue weighted by Crippen LogP contribution is 2.34. The van der Waals surface area contributed by atoms with E-state index in [1.807, 2.05) is 49.1 Å². The van der Waals surface area contributed by atoms with Crippen LogP contribution in [0, 0.1) is 0 Å². The topological polar surface area (TPSA) is 43.8 Å². The van der Waals surface area contributed by atoms with Gasteiger partial charge in [0.2, 0.25) is 5.91 Å². The number of nitrogens with zero attached hydrogens (tertiary/aromatic N) is 2. The number of hydrogen-bond donors (Lipinski definition) is 1. The van der Waals surface area contributed by atoms with Gasteiger partial charge in [0, 0.05) is 6.54 Å². The minimum atomic E-state index is -0.905. The van der Waals surface area contributed by atoms with Crippen LogP contribution in [0.15, 0.2) is 30.3 Å². The van der Waals surface area contributed by atoms with Crippen molar-refractivity contribution in [1.29, 1.82) is 0 Å². The first-order chi connectivity index (χ1) is 10.4. The predicted molar refractivity (Wildman–Crippen MR) is 86.4 cm³/mol. The van der Waals surface area contributed by atoms with Crippen molar-refractivity contribution in [2.75, 3.05) is 26.2 Å². The van der Waals surface area contributed by atoms with E-state index in [-0.39, 0.29) is 5.91 Å². The van der Waals surface area contributed by atoms with Crippen LogP contribution in [0.3, 0.4) is 0 Å². The number of β-amino-alcohol motifs (C(OH)–C–C–N with tert-alkyl or cyclic N) is 1. The molecule has 0 saturated carbocycles. The van der Waals surface area contributed by atoms with Crippen molar-refractivity contribution in [2.45, 2.75) is 44.2 Å². The van der Waals surface area contributed by atoms with Crippen molar-refractivity contribution < 1.29 is 9.90 Å². The Bertz CT molecular complexity index is 537. The zero-order valence-electron chi connectivity index (χ0n) is 13.6. The normalized spacial score (nSPS) is 26.6. The second kappa shape index (κ2) is 5.67. The van der Waals surface area contributed by atoms with Gasteiger partial charge >= 0.3 is 0 Å². The zero-order valence-corrected chi connectivity index (χ0v) is 13.6. The van der Waals surface area contributed by atoms with Crippen LogP contribution < -0.4 is 0 Å². The summed E-state index contributed by atoms with van der Waals surface area (Å²) < 4.78 is 0. The monoisotopic (exact) mass is 302 g/mol. The first kappa shape index (κ1) is 15.5. The van der Waals surface area contributed by atoms with Crippen LogP contribution in [0.5, 0.6) is 0 Å². The molecule has 120 valence electrons. The summed E-state index contributed by atoms with van der Waals surface area (Å²) in [5.74, 6) is 0.140. The van der Waals surface area contributed by atoms with Gasteiger partial charge in [0.1, 0.15) is 5.60 Å². The lowest BCUT2D eigenvalue weighted by Crippen LogP contribution is -2.55. The summed E-state index contributed by atoms with van der Waals surface area (Å²) in [5.41, 5.74) is -0.472. The van der Waals surface area contributed by atoms with Crippen molar-refractivity contribution >= 4 is 5.91 Å². The Morgan fingerprint density at radius 3 is 2.41 bits per heavy atom. The van der Waals surface area contributed by atoms with E-state index in [1.165, 1.54) is 12.8 Å². The van der Waals surface area contributed by atoms with Crippen molar-refractivity contribution in [2.24, 2.45) is 0 Å². The van der Waals surface area contributed by atoms with Gasteiger partial charge in [-0.1, -0.05) is 30.3 Å². The summed E-state index contributed by atoms with van der Waals surface area (Å²) in [4.78, 5) is 17.1. The highest BCUT2D eigenvalue weighted by molar-refractivity contribution is 5.86. The summed E-state index contributed by atoms with van der Waals surface area (Å²) >= 11 is 0. The lowest BCUT2D eigenvalue weighted by molar-refractivity contribution is -0.142. The molecule has 0 bridgehead atoms. The third-order valence-electron chi connectivity index (χ3n) is 5.27. The van der Waals surface area contributed by atoms with Crippen molar-refractivity contribution in [3.63, 3.8) is 0 Å². The highest BCUT2D eigenvalue weighted by atomic mass is 16.3. The number of carbonyl (C=O) groups excluding carboxylic acids is 1. The summed E-state index contributed by atoms with van der Waals surface area (Å²) in [6.07, 6.45) is 2.95. The van der Waals surface area contributed by atoms with E-state index in [1.54, 1.807) is 0 Å². The molecule has 0 unspecified atom stereocenters. The molecule has 4 heteroatoms. The van der Waals surface area contributed by atoms with Crippen LogP contribution in [-0.4, -0.2) is 52.5 Å². The van der Waals surface area contributed by atoms with E-state index < -0.39 is 11.1 Å². The van der Waals surface area contributed by atoms with Gasteiger partial charge in [-0.2, -0.15) is 0 Å². The highest BCUT2D eigenvalue weighted by Gasteiger charge is 2.45. The van der Waals surface area contributed by atoms with Crippen LogP contribution >= 0.6 is 0 Å². The molecule has 22 heavy (non-hydrogen) atoms. The van der Waals surface area contributed by atoms with Crippen LogP contribution in [0.2, 0.25) is 0 Å². The summed E-state index contributed by atoms with van der Waals surface area (Å²) in [5, 5.41) is 10.9. The van der Waals surface area contributed by atoms with Crippen LogP contribution in [0.25, 0.3) is 0 Å². The molecule has 0 radical (unpaired) electrons. The van der Waals surface area contributed by atoms with E-state index in [9.17, 15) is 9.90 Å². The Hall–Kier alpha value is -1.39. The second-order valence-electron chi connectivity index (χ2n) is 7.13. The molecule has 2 aliphatic rings. The maximum atomic E-state index is 12.9. The van der Waals surface area contributed by atoms with E-state index >= 15 is 0 Å². The van der Waals surface area contributed by atoms with Crippen LogP contribution in [-0.2, 0) is 10.4 Å². The average molecular weight is 302 g/mol. The molecule has 1 aromatic rings. The van der Waals surface area contributed by atoms with Crippen molar-refractivity contribution in [3.05, 3.63) is 35.9 Å². The van der Waals surface area contributed by atoms with Gasteiger partial charge in [-0.15, -0.1) is 0 Å². The SMILES string of the molecule is CC(C)(C(=O)N1CC[C@@](O)(c2ccccc2)C1)N1CCCC1. The third kappa shape index (κ3) is 2.66. The molecule has 0 aliphatic carbocycles. The van der Waals surface area contributed by atoms with Gasteiger partial charge in [0.15, 0.2) is 0 Å².